The summed E-state index contributed by atoms with van der Waals surface area (Å²) in [7, 11) is -2.84. The van der Waals surface area contributed by atoms with Crippen LogP contribution in [0.2, 0.25) is 0 Å². The van der Waals surface area contributed by atoms with Crippen LogP contribution < -0.4 is 0 Å². The van der Waals surface area contributed by atoms with Gasteiger partial charge in [-0.2, -0.15) is 0 Å². The van der Waals surface area contributed by atoms with Gasteiger partial charge < -0.3 is 0 Å². The van der Waals surface area contributed by atoms with E-state index in [4.69, 9.17) is 4.52 Å². The summed E-state index contributed by atoms with van der Waals surface area (Å²) in [6, 6.07) is 0. The Balaban J connectivity index is 0.00000106. The van der Waals surface area contributed by atoms with Crippen LogP contribution in [0.25, 0.3) is 0 Å². The van der Waals surface area contributed by atoms with Crippen LogP contribution in [0.1, 0.15) is 96.3 Å². The molecule has 180 valence electrons. The molecule has 0 N–H and O–H groups in total. The predicted octanol–water partition coefficient (Wildman–Crippen LogP) is 7.76. The van der Waals surface area contributed by atoms with Crippen LogP contribution >= 0.6 is 7.49 Å². The molecule has 0 spiro atoms. The molecule has 0 aromatic heterocycles. The molecule has 0 bridgehead atoms. The summed E-state index contributed by atoms with van der Waals surface area (Å²) >= 11 is 0. The van der Waals surface area contributed by atoms with Crippen molar-refractivity contribution in [2.45, 2.75) is 119 Å². The molecule has 0 aromatic rings. The van der Waals surface area contributed by atoms with Gasteiger partial charge in [0.2, 0.25) is 0 Å². The van der Waals surface area contributed by atoms with Crippen LogP contribution in [0.4, 0.5) is 13.2 Å². The van der Waals surface area contributed by atoms with Gasteiger partial charge in [0.25, 0.3) is 0 Å². The van der Waals surface area contributed by atoms with Crippen molar-refractivity contribution in [3.8, 4) is 0 Å². The van der Waals surface area contributed by atoms with Gasteiger partial charge in [0, 0.05) is 16.5 Å². The molecule has 3 fully saturated rings. The summed E-state index contributed by atoms with van der Waals surface area (Å²) in [6.07, 6.45) is 12.5. The maximum Gasteiger partial charge on any atom is 0 e. The Morgan fingerprint density at radius 2 is 1.07 bits per heavy atom. The summed E-state index contributed by atoms with van der Waals surface area (Å²) in [5.74, 6) is -1.88. The molecule has 7 heteroatoms. The van der Waals surface area contributed by atoms with E-state index in [1.807, 2.05) is 0 Å². The Labute approximate surface area is 191 Å². The third-order valence-electron chi connectivity index (χ3n) is 7.23. The Bertz CT molecular complexity index is 464. The molecule has 3 rings (SSSR count). The van der Waals surface area contributed by atoms with E-state index in [2.05, 4.69) is 13.5 Å². The van der Waals surface area contributed by atoms with Crippen LogP contribution in [0.15, 0.2) is 12.7 Å². The zero-order valence-corrected chi connectivity index (χ0v) is 20.1. The van der Waals surface area contributed by atoms with Crippen LogP contribution in [0, 0.1) is 6.92 Å². The molecular formula is C23H39F3NiO2P-. The number of allylic oxidation sites excluding steroid dienone is 1. The summed E-state index contributed by atoms with van der Waals surface area (Å²) in [5.41, 5.74) is 0.733. The minimum atomic E-state index is -4.86. The van der Waals surface area contributed by atoms with Crippen molar-refractivity contribution in [1.82, 2.24) is 0 Å². The maximum atomic E-state index is 13.2. The van der Waals surface area contributed by atoms with Crippen molar-refractivity contribution >= 4 is 13.5 Å². The summed E-state index contributed by atoms with van der Waals surface area (Å²) in [6.45, 7) is 6.50. The number of halogens is 3. The van der Waals surface area contributed by atoms with Crippen molar-refractivity contribution < 1.29 is 39.0 Å². The number of alkyl halides is 3. The molecule has 0 atom stereocenters. The Morgan fingerprint density at radius 1 is 0.800 bits per heavy atom. The fourth-order valence-corrected chi connectivity index (χ4v) is 13.0. The molecular weight excluding hydrogens is 455 g/mol. The third kappa shape index (κ3) is 7.16. The van der Waals surface area contributed by atoms with Gasteiger partial charge in [0.15, 0.2) is 0 Å². The van der Waals surface area contributed by atoms with Gasteiger partial charge in [-0.3, -0.25) is 0 Å². The van der Waals surface area contributed by atoms with E-state index in [0.717, 1.165) is 77.0 Å². The first-order chi connectivity index (χ1) is 13.9. The van der Waals surface area contributed by atoms with Crippen molar-refractivity contribution in [3.63, 3.8) is 0 Å². The number of hydrogen-bond donors (Lipinski definition) is 0. The zero-order chi connectivity index (χ0) is 21.3. The van der Waals surface area contributed by atoms with Gasteiger partial charge in [-0.1, -0.05) is 0 Å². The molecule has 3 aliphatic rings. The largest absolute Gasteiger partial charge is 0 e. The average molecular weight is 494 g/mol. The monoisotopic (exact) mass is 493 g/mol. The molecule has 0 radical (unpaired) electrons. The third-order valence-corrected chi connectivity index (χ3v) is 13.3. The number of carbonyl (C=O) groups excluding carboxylic acids is 1. The SMILES string of the molecule is C=C[CH2-].O=C(O[PH](C1CCCCC1)(C1CCCCC1)C1CCCCC1)C(F)(F)F.[Ni]. The second-order valence-electron chi connectivity index (χ2n) is 9.03. The fraction of sp³-hybridized carbons (Fsp3) is 0.826. The van der Waals surface area contributed by atoms with Gasteiger partial charge in [0.05, 0.1) is 0 Å². The molecule has 3 aliphatic carbocycles. The molecule has 0 saturated heterocycles. The summed E-state index contributed by atoms with van der Waals surface area (Å²) < 4.78 is 45.5. The normalized spacial score (nSPS) is 22.8. The Morgan fingerprint density at radius 3 is 1.30 bits per heavy atom. The van der Waals surface area contributed by atoms with E-state index in [1.54, 1.807) is 0 Å². The summed E-state index contributed by atoms with van der Waals surface area (Å²) in [5, 5.41) is 0. The predicted molar refractivity (Wildman–Crippen MR) is 117 cm³/mol. The van der Waals surface area contributed by atoms with Gasteiger partial charge >= 0.3 is 155 Å². The van der Waals surface area contributed by atoms with Crippen molar-refractivity contribution in [1.29, 1.82) is 0 Å². The molecule has 0 aliphatic heterocycles. The van der Waals surface area contributed by atoms with Crippen LogP contribution in [0.3, 0.4) is 0 Å². The molecule has 0 amide bonds. The van der Waals surface area contributed by atoms with Crippen molar-refractivity contribution in [2.75, 3.05) is 0 Å². The first-order valence-electron chi connectivity index (χ1n) is 11.6. The number of hydrogen-bond acceptors (Lipinski definition) is 2. The molecule has 2 nitrogen and oxygen atoms in total. The quantitative estimate of drug-likeness (QED) is 0.227. The molecule has 3 saturated carbocycles. The van der Waals surface area contributed by atoms with Gasteiger partial charge in [-0.25, -0.2) is 19.6 Å². The second kappa shape index (κ2) is 13.4. The standard InChI is InChI=1S/C20H34F3O2P.C3H5.Ni/c21-20(22,23)19(24)25-26(16-10-4-1-5-11-16,17-12-6-2-7-13-17)18-14-8-3-9-15-18;1-3-2;/h16-18,26H,1-15H2;3H,1-2H2;/q;-1;. The fourth-order valence-electron chi connectivity index (χ4n) is 6.13. The Hall–Kier alpha value is -0.206. The van der Waals surface area contributed by atoms with E-state index in [0.29, 0.717) is 0 Å². The smallest absolute Gasteiger partial charge is 0 e. The number of carbonyl (C=O) groups is 1. The maximum absolute atomic E-state index is 13.2. The van der Waals surface area contributed by atoms with E-state index in [-0.39, 0.29) is 33.5 Å². The first kappa shape index (κ1) is 27.8. The number of rotatable bonds is 4. The molecule has 0 unspecified atom stereocenters. The van der Waals surface area contributed by atoms with Gasteiger partial charge in [-0.05, 0) is 0 Å². The topological polar surface area (TPSA) is 26.3 Å². The van der Waals surface area contributed by atoms with Crippen molar-refractivity contribution in [3.05, 3.63) is 19.6 Å². The van der Waals surface area contributed by atoms with Gasteiger partial charge in [-0.15, -0.1) is 0 Å². The van der Waals surface area contributed by atoms with Gasteiger partial charge in [0.1, 0.15) is 0 Å². The van der Waals surface area contributed by atoms with Crippen LogP contribution in [-0.4, -0.2) is 29.1 Å². The van der Waals surface area contributed by atoms with Crippen LogP contribution in [0.5, 0.6) is 0 Å². The summed E-state index contributed by atoms with van der Waals surface area (Å²) in [4.78, 5) is 12.1. The molecule has 0 heterocycles. The first-order valence-corrected chi connectivity index (χ1v) is 13.7. The average Bonchev–Trinajstić information content (AvgIpc) is 2.73. The van der Waals surface area contributed by atoms with E-state index in [9.17, 15) is 18.0 Å². The zero-order valence-electron chi connectivity index (χ0n) is 18.1. The van der Waals surface area contributed by atoms with E-state index >= 15 is 0 Å². The minimum Gasteiger partial charge on any atom is 0 e. The molecule has 30 heavy (non-hydrogen) atoms. The van der Waals surface area contributed by atoms with Crippen molar-refractivity contribution in [2.24, 2.45) is 0 Å². The molecule has 0 aromatic carbocycles. The Kier molecular flexibility index (Phi) is 12.4. The van der Waals surface area contributed by atoms with E-state index < -0.39 is 19.6 Å². The van der Waals surface area contributed by atoms with E-state index in [1.165, 1.54) is 25.3 Å². The second-order valence-corrected chi connectivity index (χ2v) is 13.4. The minimum absolute atomic E-state index is 0. The van der Waals surface area contributed by atoms with Crippen LogP contribution in [-0.2, 0) is 25.8 Å².